The summed E-state index contributed by atoms with van der Waals surface area (Å²) < 4.78 is 10.8. The van der Waals surface area contributed by atoms with E-state index in [2.05, 4.69) is 11.4 Å². The molecule has 2 heterocycles. The van der Waals surface area contributed by atoms with Crippen LogP contribution in [0, 0.1) is 5.92 Å². The minimum Gasteiger partial charge on any atom is -0.454 e. The van der Waals surface area contributed by atoms with E-state index < -0.39 is 0 Å². The molecule has 1 aromatic carbocycles. The van der Waals surface area contributed by atoms with Crippen molar-refractivity contribution in [1.82, 2.24) is 10.2 Å². The first-order chi connectivity index (χ1) is 11.7. The Balaban J connectivity index is 1.37. The Morgan fingerprint density at radius 3 is 2.96 bits per heavy atom. The highest BCUT2D eigenvalue weighted by Crippen LogP contribution is 2.49. The molecule has 4 rings (SSSR count). The van der Waals surface area contributed by atoms with E-state index in [-0.39, 0.29) is 30.8 Å². The largest absolute Gasteiger partial charge is 0.454 e. The van der Waals surface area contributed by atoms with E-state index in [4.69, 9.17) is 9.47 Å². The molecule has 1 atom stereocenters. The molecule has 0 bridgehead atoms. The highest BCUT2D eigenvalue weighted by Gasteiger charge is 2.45. The molecule has 0 unspecified atom stereocenters. The summed E-state index contributed by atoms with van der Waals surface area (Å²) in [6, 6.07) is 6.07. The zero-order valence-electron chi connectivity index (χ0n) is 13.8. The van der Waals surface area contributed by atoms with E-state index in [1.807, 2.05) is 17.0 Å². The van der Waals surface area contributed by atoms with E-state index in [0.29, 0.717) is 13.1 Å². The molecular weight excluding hydrogens is 308 g/mol. The summed E-state index contributed by atoms with van der Waals surface area (Å²) in [7, 11) is 0. The van der Waals surface area contributed by atoms with Crippen molar-refractivity contribution >= 4 is 6.03 Å². The lowest BCUT2D eigenvalue weighted by atomic mass is 9.95. The van der Waals surface area contributed by atoms with Crippen molar-refractivity contribution in [3.63, 3.8) is 0 Å². The molecule has 0 radical (unpaired) electrons. The molecule has 2 amide bonds. The van der Waals surface area contributed by atoms with E-state index >= 15 is 0 Å². The van der Waals surface area contributed by atoms with Crippen LogP contribution in [0.4, 0.5) is 4.79 Å². The average molecular weight is 332 g/mol. The predicted octanol–water partition coefficient (Wildman–Crippen LogP) is 1.86. The van der Waals surface area contributed by atoms with Crippen molar-refractivity contribution in [3.05, 3.63) is 23.8 Å². The van der Waals surface area contributed by atoms with Gasteiger partial charge in [-0.1, -0.05) is 6.07 Å². The Bertz CT molecular complexity index is 629. The normalized spacial score (nSPS) is 23.9. The van der Waals surface area contributed by atoms with Crippen LogP contribution >= 0.6 is 0 Å². The topological polar surface area (TPSA) is 71.0 Å². The number of amides is 2. The number of urea groups is 1. The molecule has 1 saturated carbocycles. The van der Waals surface area contributed by atoms with Gasteiger partial charge in [-0.2, -0.15) is 0 Å². The first-order valence-electron chi connectivity index (χ1n) is 8.74. The third-order valence-corrected chi connectivity index (χ3v) is 5.48. The quantitative estimate of drug-likeness (QED) is 0.883. The summed E-state index contributed by atoms with van der Waals surface area (Å²) in [5.41, 5.74) is 1.24. The standard InChI is InChI=1S/C18H24N2O4/c21-10-13-2-1-7-20(9-13)17(22)19-11-18(5-6-18)14-3-4-15-16(8-14)24-12-23-15/h3-4,8,13,21H,1-2,5-7,9-12H2,(H,19,22)/t13-/m1/s1. The number of hydrogen-bond donors (Lipinski definition) is 2. The fourth-order valence-electron chi connectivity index (χ4n) is 3.70. The summed E-state index contributed by atoms with van der Waals surface area (Å²) in [5, 5.41) is 12.4. The van der Waals surface area contributed by atoms with Gasteiger partial charge < -0.3 is 24.8 Å². The highest BCUT2D eigenvalue weighted by atomic mass is 16.7. The molecule has 3 aliphatic rings. The number of ether oxygens (including phenoxy) is 2. The van der Waals surface area contributed by atoms with Crippen LogP contribution in [0.2, 0.25) is 0 Å². The molecule has 0 aromatic heterocycles. The second-order valence-electron chi connectivity index (χ2n) is 7.14. The summed E-state index contributed by atoms with van der Waals surface area (Å²) >= 11 is 0. The monoisotopic (exact) mass is 332 g/mol. The van der Waals surface area contributed by atoms with Gasteiger partial charge in [-0.25, -0.2) is 4.79 Å². The van der Waals surface area contributed by atoms with Gasteiger partial charge in [0.15, 0.2) is 11.5 Å². The number of piperidine rings is 1. The van der Waals surface area contributed by atoms with Gasteiger partial charge in [0, 0.05) is 31.7 Å². The third kappa shape index (κ3) is 2.90. The molecule has 1 aromatic rings. The Hall–Kier alpha value is -1.95. The molecule has 6 nitrogen and oxygen atoms in total. The van der Waals surface area contributed by atoms with Crippen LogP contribution in [0.5, 0.6) is 11.5 Å². The van der Waals surface area contributed by atoms with Gasteiger partial charge in [-0.05, 0) is 49.3 Å². The summed E-state index contributed by atoms with van der Waals surface area (Å²) in [4.78, 5) is 14.3. The number of carbonyl (C=O) groups is 1. The number of carbonyl (C=O) groups excluding carboxylic acids is 1. The van der Waals surface area contributed by atoms with Crippen molar-refractivity contribution in [1.29, 1.82) is 0 Å². The van der Waals surface area contributed by atoms with E-state index in [0.717, 1.165) is 43.7 Å². The number of fused-ring (bicyclic) bond motifs is 1. The van der Waals surface area contributed by atoms with Crippen LogP contribution < -0.4 is 14.8 Å². The van der Waals surface area contributed by atoms with Crippen molar-refractivity contribution in [3.8, 4) is 11.5 Å². The van der Waals surface area contributed by atoms with Crippen molar-refractivity contribution in [2.45, 2.75) is 31.1 Å². The van der Waals surface area contributed by atoms with Gasteiger partial charge in [0.25, 0.3) is 0 Å². The molecule has 2 aliphatic heterocycles. The first kappa shape index (κ1) is 15.6. The van der Waals surface area contributed by atoms with Crippen molar-refractivity contribution in [2.75, 3.05) is 33.0 Å². The Kier molecular flexibility index (Phi) is 4.00. The van der Waals surface area contributed by atoms with E-state index in [1.165, 1.54) is 5.56 Å². The first-order valence-corrected chi connectivity index (χ1v) is 8.74. The second-order valence-corrected chi connectivity index (χ2v) is 7.14. The zero-order valence-corrected chi connectivity index (χ0v) is 13.8. The molecule has 2 fully saturated rings. The summed E-state index contributed by atoms with van der Waals surface area (Å²) in [6.07, 6.45) is 4.12. The van der Waals surface area contributed by atoms with Crippen LogP contribution in [0.1, 0.15) is 31.2 Å². The molecule has 1 saturated heterocycles. The van der Waals surface area contributed by atoms with Gasteiger partial charge >= 0.3 is 6.03 Å². The number of nitrogens with zero attached hydrogens (tertiary/aromatic N) is 1. The average Bonchev–Trinajstić information content (AvgIpc) is 3.28. The number of benzene rings is 1. The summed E-state index contributed by atoms with van der Waals surface area (Å²) in [5.74, 6) is 1.81. The minimum absolute atomic E-state index is 0.0137. The molecule has 2 N–H and O–H groups in total. The van der Waals surface area contributed by atoms with Crippen molar-refractivity contribution < 1.29 is 19.4 Å². The maximum atomic E-state index is 12.4. The maximum Gasteiger partial charge on any atom is 0.317 e. The summed E-state index contributed by atoms with van der Waals surface area (Å²) in [6.45, 7) is 2.51. The number of likely N-dealkylation sites (tertiary alicyclic amines) is 1. The fraction of sp³-hybridized carbons (Fsp3) is 0.611. The molecule has 130 valence electrons. The van der Waals surface area contributed by atoms with E-state index in [1.54, 1.807) is 0 Å². The van der Waals surface area contributed by atoms with Gasteiger partial charge in [0.1, 0.15) is 0 Å². The smallest absolute Gasteiger partial charge is 0.317 e. The molecule has 24 heavy (non-hydrogen) atoms. The molecule has 0 spiro atoms. The molecule has 1 aliphatic carbocycles. The third-order valence-electron chi connectivity index (χ3n) is 5.48. The second kappa shape index (κ2) is 6.16. The molecule has 6 heteroatoms. The van der Waals surface area contributed by atoms with Crippen molar-refractivity contribution in [2.24, 2.45) is 5.92 Å². The van der Waals surface area contributed by atoms with Crippen LogP contribution in [-0.4, -0.2) is 49.1 Å². The van der Waals surface area contributed by atoms with Gasteiger partial charge in [-0.15, -0.1) is 0 Å². The number of hydrogen-bond acceptors (Lipinski definition) is 4. The number of aliphatic hydroxyl groups excluding tert-OH is 1. The molecular formula is C18H24N2O4. The minimum atomic E-state index is -0.0137. The SMILES string of the molecule is O=C(NCC1(c2ccc3c(c2)OCO3)CC1)N1CCC[C@@H](CO)C1. The Morgan fingerprint density at radius 2 is 2.17 bits per heavy atom. The number of nitrogens with one attached hydrogen (secondary N) is 1. The predicted molar refractivity (Wildman–Crippen MR) is 88.3 cm³/mol. The van der Waals surface area contributed by atoms with Crippen LogP contribution in [0.3, 0.4) is 0 Å². The highest BCUT2D eigenvalue weighted by molar-refractivity contribution is 5.74. The number of aliphatic hydroxyl groups is 1. The lowest BCUT2D eigenvalue weighted by molar-refractivity contribution is 0.129. The van der Waals surface area contributed by atoms with Gasteiger partial charge in [0.05, 0.1) is 0 Å². The van der Waals surface area contributed by atoms with Crippen LogP contribution in [-0.2, 0) is 5.41 Å². The van der Waals surface area contributed by atoms with Gasteiger partial charge in [0.2, 0.25) is 6.79 Å². The zero-order chi connectivity index (χ0) is 16.6. The van der Waals surface area contributed by atoms with E-state index in [9.17, 15) is 9.90 Å². The number of rotatable bonds is 4. The van der Waals surface area contributed by atoms with Gasteiger partial charge in [-0.3, -0.25) is 0 Å². The van der Waals surface area contributed by atoms with Crippen LogP contribution in [0.15, 0.2) is 18.2 Å². The van der Waals surface area contributed by atoms with Crippen LogP contribution in [0.25, 0.3) is 0 Å². The Labute approximate surface area is 141 Å². The lowest BCUT2D eigenvalue weighted by Crippen LogP contribution is -2.47. The Morgan fingerprint density at radius 1 is 1.33 bits per heavy atom. The fourth-order valence-corrected chi connectivity index (χ4v) is 3.70. The maximum absolute atomic E-state index is 12.4. The lowest BCUT2D eigenvalue weighted by Gasteiger charge is -2.32.